The first kappa shape index (κ1) is 19.7. The predicted molar refractivity (Wildman–Crippen MR) is 97.7 cm³/mol. The van der Waals surface area contributed by atoms with Crippen molar-refractivity contribution in [3.63, 3.8) is 0 Å². The zero-order valence-corrected chi connectivity index (χ0v) is 14.8. The molecular weight excluding hydrogens is 284 g/mol. The number of carbonyl (C=O) groups is 1. The molecule has 1 aromatic carbocycles. The Bertz CT molecular complexity index is 400. The molecular formula is C21H34O2. The van der Waals surface area contributed by atoms with Crippen molar-refractivity contribution in [1.82, 2.24) is 0 Å². The van der Waals surface area contributed by atoms with Gasteiger partial charge in [-0.2, -0.15) is 0 Å². The largest absolute Gasteiger partial charge is 0.481 e. The van der Waals surface area contributed by atoms with E-state index in [1.165, 1.54) is 69.8 Å². The molecule has 2 nitrogen and oxygen atoms in total. The summed E-state index contributed by atoms with van der Waals surface area (Å²) in [6.45, 7) is 1.81. The van der Waals surface area contributed by atoms with E-state index in [0.29, 0.717) is 0 Å². The highest BCUT2D eigenvalue weighted by molar-refractivity contribution is 5.69. The van der Waals surface area contributed by atoms with Crippen molar-refractivity contribution in [1.29, 1.82) is 0 Å². The summed E-state index contributed by atoms with van der Waals surface area (Å²) >= 11 is 0. The topological polar surface area (TPSA) is 37.3 Å². The summed E-state index contributed by atoms with van der Waals surface area (Å²) < 4.78 is 0. The molecule has 1 rings (SSSR count). The zero-order valence-electron chi connectivity index (χ0n) is 14.8. The Labute approximate surface area is 142 Å². The molecule has 23 heavy (non-hydrogen) atoms. The fourth-order valence-electron chi connectivity index (χ4n) is 2.96. The summed E-state index contributed by atoms with van der Waals surface area (Å²) in [7, 11) is 0. The van der Waals surface area contributed by atoms with Crippen molar-refractivity contribution in [2.75, 3.05) is 0 Å². The van der Waals surface area contributed by atoms with Crippen molar-refractivity contribution in [3.8, 4) is 0 Å². The normalized spacial score (nSPS) is 12.2. The lowest BCUT2D eigenvalue weighted by molar-refractivity contribution is -0.141. The minimum atomic E-state index is -0.655. The maximum atomic E-state index is 10.7. The van der Waals surface area contributed by atoms with Crippen LogP contribution in [-0.2, 0) is 11.2 Å². The molecule has 0 radical (unpaired) electrons. The Morgan fingerprint density at radius 1 is 0.826 bits per heavy atom. The second-order valence-electron chi connectivity index (χ2n) is 6.80. The Hall–Kier alpha value is -1.31. The number of hydrogen-bond donors (Lipinski definition) is 1. The molecule has 0 amide bonds. The molecule has 1 unspecified atom stereocenters. The summed E-state index contributed by atoms with van der Waals surface area (Å²) in [5, 5.41) is 8.81. The molecule has 0 aliphatic carbocycles. The van der Waals surface area contributed by atoms with Crippen LogP contribution in [0.5, 0.6) is 0 Å². The minimum absolute atomic E-state index is 0.175. The molecule has 0 aliphatic heterocycles. The van der Waals surface area contributed by atoms with Crippen LogP contribution < -0.4 is 0 Å². The molecule has 0 aliphatic rings. The average Bonchev–Trinajstić information content (AvgIpc) is 2.56. The van der Waals surface area contributed by atoms with E-state index in [9.17, 15) is 4.79 Å². The SMILES string of the molecule is CC(CCCCCCCCCCCCc1ccccc1)C(=O)O. The van der Waals surface area contributed by atoms with Crippen molar-refractivity contribution >= 4 is 5.97 Å². The number of aryl methyl sites for hydroxylation is 1. The maximum Gasteiger partial charge on any atom is 0.306 e. The Morgan fingerprint density at radius 3 is 1.83 bits per heavy atom. The molecule has 1 atom stereocenters. The number of unbranched alkanes of at least 4 members (excludes halogenated alkanes) is 9. The van der Waals surface area contributed by atoms with Gasteiger partial charge in [-0.3, -0.25) is 4.79 Å². The van der Waals surface area contributed by atoms with Gasteiger partial charge in [0.2, 0.25) is 0 Å². The minimum Gasteiger partial charge on any atom is -0.481 e. The lowest BCUT2D eigenvalue weighted by Crippen LogP contribution is -2.08. The molecule has 0 heterocycles. The molecule has 0 aromatic heterocycles. The van der Waals surface area contributed by atoms with E-state index in [2.05, 4.69) is 30.3 Å². The van der Waals surface area contributed by atoms with Gasteiger partial charge in [0.1, 0.15) is 0 Å². The van der Waals surface area contributed by atoms with Crippen LogP contribution in [0.4, 0.5) is 0 Å². The number of aliphatic carboxylic acids is 1. The van der Waals surface area contributed by atoms with Crippen molar-refractivity contribution in [2.45, 2.75) is 84.0 Å². The lowest BCUT2D eigenvalue weighted by atomic mass is 10.0. The van der Waals surface area contributed by atoms with Crippen LogP contribution in [0.3, 0.4) is 0 Å². The molecule has 0 saturated carbocycles. The first-order valence-electron chi connectivity index (χ1n) is 9.47. The summed E-state index contributed by atoms with van der Waals surface area (Å²) in [5.41, 5.74) is 1.46. The van der Waals surface area contributed by atoms with Gasteiger partial charge in [0.15, 0.2) is 0 Å². The monoisotopic (exact) mass is 318 g/mol. The average molecular weight is 319 g/mol. The Morgan fingerprint density at radius 2 is 1.30 bits per heavy atom. The van der Waals surface area contributed by atoms with E-state index in [4.69, 9.17) is 5.11 Å². The number of carboxylic acid groups (broad SMARTS) is 1. The van der Waals surface area contributed by atoms with Gasteiger partial charge in [-0.25, -0.2) is 0 Å². The Balaban J connectivity index is 1.79. The number of rotatable bonds is 14. The van der Waals surface area contributed by atoms with Crippen molar-refractivity contribution in [2.24, 2.45) is 5.92 Å². The second kappa shape index (κ2) is 13.2. The molecule has 0 saturated heterocycles. The highest BCUT2D eigenvalue weighted by Gasteiger charge is 2.09. The van der Waals surface area contributed by atoms with E-state index in [-0.39, 0.29) is 5.92 Å². The summed E-state index contributed by atoms with van der Waals surface area (Å²) in [4.78, 5) is 10.7. The summed E-state index contributed by atoms with van der Waals surface area (Å²) in [6.07, 6.45) is 15.0. The smallest absolute Gasteiger partial charge is 0.306 e. The molecule has 130 valence electrons. The third kappa shape index (κ3) is 11.0. The van der Waals surface area contributed by atoms with Crippen LogP contribution in [-0.4, -0.2) is 11.1 Å². The number of carboxylic acids is 1. The van der Waals surface area contributed by atoms with Gasteiger partial charge in [0, 0.05) is 0 Å². The maximum absolute atomic E-state index is 10.7. The Kier molecular flexibility index (Phi) is 11.3. The van der Waals surface area contributed by atoms with E-state index < -0.39 is 5.97 Å². The van der Waals surface area contributed by atoms with Gasteiger partial charge in [0.25, 0.3) is 0 Å². The first-order valence-corrected chi connectivity index (χ1v) is 9.47. The van der Waals surface area contributed by atoms with E-state index >= 15 is 0 Å². The fourth-order valence-corrected chi connectivity index (χ4v) is 2.96. The molecule has 0 fully saturated rings. The lowest BCUT2D eigenvalue weighted by Gasteiger charge is -2.06. The predicted octanol–water partition coefficient (Wildman–Crippen LogP) is 6.24. The highest BCUT2D eigenvalue weighted by atomic mass is 16.4. The molecule has 0 bridgehead atoms. The van der Waals surface area contributed by atoms with Crippen LogP contribution in [0, 0.1) is 5.92 Å². The van der Waals surface area contributed by atoms with E-state index in [0.717, 1.165) is 12.8 Å². The third-order valence-corrected chi connectivity index (χ3v) is 4.62. The number of benzene rings is 1. The molecule has 0 spiro atoms. The van der Waals surface area contributed by atoms with Gasteiger partial charge in [-0.05, 0) is 24.8 Å². The van der Waals surface area contributed by atoms with Gasteiger partial charge >= 0.3 is 5.97 Å². The first-order chi connectivity index (χ1) is 11.2. The van der Waals surface area contributed by atoms with Gasteiger partial charge in [-0.1, -0.05) is 95.0 Å². The standard InChI is InChI=1S/C21H34O2/c1-19(21(22)23)15-11-8-6-4-2-3-5-7-9-12-16-20-17-13-10-14-18-20/h10,13-14,17-19H,2-9,11-12,15-16H2,1H3,(H,22,23). The van der Waals surface area contributed by atoms with E-state index in [1.54, 1.807) is 6.92 Å². The molecule has 1 aromatic rings. The molecule has 1 N–H and O–H groups in total. The van der Waals surface area contributed by atoms with Gasteiger partial charge in [-0.15, -0.1) is 0 Å². The fraction of sp³-hybridized carbons (Fsp3) is 0.667. The molecule has 2 heteroatoms. The summed E-state index contributed by atoms with van der Waals surface area (Å²) in [6, 6.07) is 10.8. The second-order valence-corrected chi connectivity index (χ2v) is 6.80. The summed E-state index contributed by atoms with van der Waals surface area (Å²) in [5.74, 6) is -0.830. The zero-order chi connectivity index (χ0) is 16.8. The van der Waals surface area contributed by atoms with Crippen LogP contribution in [0.2, 0.25) is 0 Å². The van der Waals surface area contributed by atoms with Crippen LogP contribution in [0.15, 0.2) is 30.3 Å². The van der Waals surface area contributed by atoms with Crippen molar-refractivity contribution in [3.05, 3.63) is 35.9 Å². The van der Waals surface area contributed by atoms with Crippen LogP contribution >= 0.6 is 0 Å². The third-order valence-electron chi connectivity index (χ3n) is 4.62. The van der Waals surface area contributed by atoms with Gasteiger partial charge < -0.3 is 5.11 Å². The number of hydrogen-bond acceptors (Lipinski definition) is 1. The van der Waals surface area contributed by atoms with Crippen LogP contribution in [0.1, 0.15) is 83.1 Å². The van der Waals surface area contributed by atoms with Crippen LogP contribution in [0.25, 0.3) is 0 Å². The van der Waals surface area contributed by atoms with Crippen molar-refractivity contribution < 1.29 is 9.90 Å². The van der Waals surface area contributed by atoms with Gasteiger partial charge in [0.05, 0.1) is 5.92 Å². The van der Waals surface area contributed by atoms with E-state index in [1.807, 2.05) is 0 Å². The highest BCUT2D eigenvalue weighted by Crippen LogP contribution is 2.14. The quantitative estimate of drug-likeness (QED) is 0.412.